The highest BCUT2D eigenvalue weighted by Crippen LogP contribution is 2.61. The van der Waals surface area contributed by atoms with Crippen LogP contribution in [0.2, 0.25) is 0 Å². The number of hydrogen-bond donors (Lipinski definition) is 3. The summed E-state index contributed by atoms with van der Waals surface area (Å²) in [6.07, 6.45) is 0. The largest absolute Gasteiger partial charge is 0.467 e. The summed E-state index contributed by atoms with van der Waals surface area (Å²) in [5.41, 5.74) is -1.96. The number of carbonyl (C=O) groups excluding carboxylic acids is 4. The first kappa shape index (κ1) is 29.1. The van der Waals surface area contributed by atoms with Crippen molar-refractivity contribution in [2.45, 2.75) is 31.6 Å². The molecule has 0 radical (unpaired) electrons. The number of nitrogens with one attached hydrogen (secondary N) is 2. The maximum atomic E-state index is 13.5. The molecule has 35 heavy (non-hydrogen) atoms. The van der Waals surface area contributed by atoms with Crippen molar-refractivity contribution in [3.05, 3.63) is 11.1 Å². The number of thiazole rings is 1. The van der Waals surface area contributed by atoms with Gasteiger partial charge in [0, 0.05) is 5.38 Å². The fourth-order valence-corrected chi connectivity index (χ4v) is 6.72. The third kappa shape index (κ3) is 6.35. The van der Waals surface area contributed by atoms with E-state index in [1.165, 1.54) is 19.2 Å². The Morgan fingerprint density at radius 1 is 1.31 bits per heavy atom. The molecule has 2 rings (SSSR count). The zero-order valence-corrected chi connectivity index (χ0v) is 21.8. The summed E-state index contributed by atoms with van der Waals surface area (Å²) >= 11 is 6.31. The summed E-state index contributed by atoms with van der Waals surface area (Å²) in [5, 5.41) is 5.78. The molecular formula is C16H22ClN4O11PS2. The van der Waals surface area contributed by atoms with Crippen molar-refractivity contribution in [1.29, 1.82) is 0 Å². The van der Waals surface area contributed by atoms with Crippen LogP contribution in [0.5, 0.6) is 0 Å². The molecule has 1 aliphatic heterocycles. The predicted molar refractivity (Wildman–Crippen MR) is 121 cm³/mol. The van der Waals surface area contributed by atoms with Crippen LogP contribution < -0.4 is 10.6 Å². The number of rotatable bonds is 12. The molecular weight excluding hydrogens is 555 g/mol. The third-order valence-electron chi connectivity index (χ3n) is 4.39. The van der Waals surface area contributed by atoms with Crippen molar-refractivity contribution in [1.82, 2.24) is 14.6 Å². The smallest absolute Gasteiger partial charge is 0.363 e. The third-order valence-corrected chi connectivity index (χ3v) is 8.68. The Bertz CT molecular complexity index is 1130. The van der Waals surface area contributed by atoms with Gasteiger partial charge in [-0.1, -0.05) is 0 Å². The summed E-state index contributed by atoms with van der Waals surface area (Å²) in [6, 6.07) is -3.70. The van der Waals surface area contributed by atoms with Gasteiger partial charge in [-0.2, -0.15) is 12.7 Å². The van der Waals surface area contributed by atoms with Crippen molar-refractivity contribution in [3.63, 3.8) is 0 Å². The highest BCUT2D eigenvalue weighted by molar-refractivity contribution is 7.84. The van der Waals surface area contributed by atoms with Gasteiger partial charge in [0.15, 0.2) is 16.8 Å². The number of aromatic nitrogens is 1. The maximum absolute atomic E-state index is 13.5. The number of alkyl halides is 1. The molecule has 3 N–H and O–H groups in total. The molecule has 1 aromatic rings. The average molecular weight is 577 g/mol. The Labute approximate surface area is 208 Å². The molecule has 15 nitrogen and oxygen atoms in total. The van der Waals surface area contributed by atoms with Crippen LogP contribution in [0.25, 0.3) is 0 Å². The molecule has 1 aliphatic rings. The molecule has 3 amide bonds. The first-order chi connectivity index (χ1) is 16.3. The minimum absolute atomic E-state index is 0.00713. The van der Waals surface area contributed by atoms with Crippen molar-refractivity contribution < 1.29 is 50.5 Å². The minimum Gasteiger partial charge on any atom is -0.467 e. The molecule has 19 heteroatoms. The molecule has 0 spiro atoms. The number of methoxy groups -OCH3 is 1. The number of esters is 1. The quantitative estimate of drug-likeness (QED) is 0.101. The van der Waals surface area contributed by atoms with Gasteiger partial charge in [-0.3, -0.25) is 23.5 Å². The van der Waals surface area contributed by atoms with Crippen molar-refractivity contribution >= 4 is 69.7 Å². The minimum atomic E-state index is -5.15. The molecule has 3 atom stereocenters. The van der Waals surface area contributed by atoms with Crippen LogP contribution >= 0.6 is 30.5 Å². The fraction of sp³-hybridized carbons (Fsp3) is 0.562. The van der Waals surface area contributed by atoms with Gasteiger partial charge in [-0.05, 0) is 13.8 Å². The summed E-state index contributed by atoms with van der Waals surface area (Å²) in [5.74, 6) is -4.73. The standard InChI is InChI=1S/C16H22ClN4O11PS2/c1-4-31-33(26,32-5-2)12(8-7-34-16(18-8)19-9(22)6-17)13(23)20-10-11(15(25)30-3)21(14(10)24)35(27,28)29/h7,10-12H,4-6H2,1-3H3,(H,20,23)(H,18,19,22)(H,27,28,29). The van der Waals surface area contributed by atoms with Crippen LogP contribution in [0.4, 0.5) is 5.13 Å². The number of hydrogen-bond acceptors (Lipinski definition) is 12. The van der Waals surface area contributed by atoms with E-state index in [0.717, 1.165) is 18.4 Å². The SMILES string of the molecule is CCOP(=O)(OCC)C(C(=O)NC1C(=O)N(S(=O)(=O)O)C1C(=O)OC)c1csc(NC(=O)CCl)n1. The van der Waals surface area contributed by atoms with E-state index in [4.69, 9.17) is 20.6 Å². The van der Waals surface area contributed by atoms with Gasteiger partial charge in [0.1, 0.15) is 11.9 Å². The van der Waals surface area contributed by atoms with Crippen LogP contribution in [0.1, 0.15) is 25.2 Å². The maximum Gasteiger partial charge on any atom is 0.363 e. The fourth-order valence-electron chi connectivity index (χ4n) is 3.05. The van der Waals surface area contributed by atoms with Crippen molar-refractivity contribution in [2.75, 3.05) is 31.5 Å². The Hall–Kier alpha value is -2.14. The highest BCUT2D eigenvalue weighted by atomic mass is 35.5. The van der Waals surface area contributed by atoms with Crippen LogP contribution in [-0.2, 0) is 47.8 Å². The van der Waals surface area contributed by atoms with E-state index in [1.807, 2.05) is 0 Å². The first-order valence-corrected chi connectivity index (χ1v) is 14.2. The van der Waals surface area contributed by atoms with E-state index in [2.05, 4.69) is 20.4 Å². The van der Waals surface area contributed by atoms with Crippen LogP contribution in [0, 0.1) is 0 Å². The first-order valence-electron chi connectivity index (χ1n) is 9.73. The summed E-state index contributed by atoms with van der Waals surface area (Å²) in [6.45, 7) is 2.68. The number of ether oxygens (including phenoxy) is 1. The van der Waals surface area contributed by atoms with Gasteiger partial charge in [-0.15, -0.1) is 22.9 Å². The lowest BCUT2D eigenvalue weighted by Crippen LogP contribution is -2.74. The molecule has 2 heterocycles. The van der Waals surface area contributed by atoms with Gasteiger partial charge in [0.25, 0.3) is 5.91 Å². The summed E-state index contributed by atoms with van der Waals surface area (Å²) < 4.78 is 60.6. The second-order valence-electron chi connectivity index (χ2n) is 6.60. The zero-order chi connectivity index (χ0) is 26.6. The molecule has 1 aromatic heterocycles. The highest BCUT2D eigenvalue weighted by Gasteiger charge is 2.59. The molecule has 0 aromatic carbocycles. The van der Waals surface area contributed by atoms with E-state index in [0.29, 0.717) is 0 Å². The topological polar surface area (TPSA) is 208 Å². The molecule has 0 aliphatic carbocycles. The Morgan fingerprint density at radius 2 is 1.91 bits per heavy atom. The lowest BCUT2D eigenvalue weighted by molar-refractivity contribution is -0.162. The second-order valence-corrected chi connectivity index (χ2v) is 11.1. The van der Waals surface area contributed by atoms with E-state index < -0.39 is 59.3 Å². The monoisotopic (exact) mass is 576 g/mol. The summed E-state index contributed by atoms with van der Waals surface area (Å²) in [4.78, 5) is 53.3. The summed E-state index contributed by atoms with van der Waals surface area (Å²) in [7, 11) is -8.56. The number of carbonyl (C=O) groups is 4. The zero-order valence-electron chi connectivity index (χ0n) is 18.5. The average Bonchev–Trinajstić information content (AvgIpc) is 3.21. The van der Waals surface area contributed by atoms with E-state index in [-0.39, 0.29) is 34.2 Å². The van der Waals surface area contributed by atoms with Gasteiger partial charge in [-0.25, -0.2) is 9.78 Å². The molecule has 0 saturated carbocycles. The Balaban J connectivity index is 2.46. The molecule has 196 valence electrons. The van der Waals surface area contributed by atoms with Crippen LogP contribution in [-0.4, -0.2) is 84.2 Å². The second kappa shape index (κ2) is 11.7. The molecule has 1 saturated heterocycles. The normalized spacial score (nSPS) is 19.0. The number of halogens is 1. The van der Waals surface area contributed by atoms with Crippen LogP contribution in [0.3, 0.4) is 0 Å². The van der Waals surface area contributed by atoms with E-state index in [1.54, 1.807) is 0 Å². The lowest BCUT2D eigenvalue weighted by Gasteiger charge is -2.42. The predicted octanol–water partition coefficient (Wildman–Crippen LogP) is 0.299. The Kier molecular flexibility index (Phi) is 9.75. The van der Waals surface area contributed by atoms with Crippen molar-refractivity contribution in [3.8, 4) is 0 Å². The van der Waals surface area contributed by atoms with Gasteiger partial charge in [0.05, 0.1) is 26.0 Å². The molecule has 0 bridgehead atoms. The number of nitrogens with zero attached hydrogens (tertiary/aromatic N) is 2. The van der Waals surface area contributed by atoms with E-state index in [9.17, 15) is 36.7 Å². The van der Waals surface area contributed by atoms with Gasteiger partial charge < -0.3 is 24.4 Å². The van der Waals surface area contributed by atoms with E-state index >= 15 is 0 Å². The van der Waals surface area contributed by atoms with Gasteiger partial charge in [0.2, 0.25) is 11.8 Å². The molecule has 3 unspecified atom stereocenters. The lowest BCUT2D eigenvalue weighted by atomic mass is 9.98. The van der Waals surface area contributed by atoms with Crippen LogP contribution in [0.15, 0.2) is 5.38 Å². The molecule has 1 fully saturated rings. The van der Waals surface area contributed by atoms with Crippen molar-refractivity contribution in [2.24, 2.45) is 0 Å². The number of anilines is 1. The Morgan fingerprint density at radius 3 is 2.40 bits per heavy atom. The van der Waals surface area contributed by atoms with Gasteiger partial charge >= 0.3 is 23.9 Å². The number of β-lactam (4-membered cyclic amide) rings is 1. The number of amides is 3.